The van der Waals surface area contributed by atoms with Crippen molar-refractivity contribution in [2.24, 2.45) is 20.0 Å². The van der Waals surface area contributed by atoms with Gasteiger partial charge in [-0.25, -0.2) is 14.2 Å². The van der Waals surface area contributed by atoms with Gasteiger partial charge in [-0.1, -0.05) is 5.10 Å². The number of nitrogens with one attached hydrogen (secondary N) is 1. The number of tetrazole rings is 1. The van der Waals surface area contributed by atoms with Crippen LogP contribution in [0.2, 0.25) is 0 Å². The molecule has 134 valence electrons. The molecular formula is C13H18N8O4. The molecule has 1 aliphatic rings. The van der Waals surface area contributed by atoms with Crippen LogP contribution in [0.25, 0.3) is 0 Å². The van der Waals surface area contributed by atoms with Crippen molar-refractivity contribution in [2.45, 2.75) is 19.4 Å². The minimum atomic E-state index is -0.778. The standard InChI is InChI=1S/C13H18N8O4/c1-19-12(15-17-18-19)14-10(22)9-11(23)21(13(24)20(2)16-9)7-8-3-5-25-6-4-8/h8H,3-7H2,1-2H3,(H,14,15,18,22). The molecule has 0 atom stereocenters. The highest BCUT2D eigenvalue weighted by Crippen LogP contribution is 2.15. The molecule has 1 fully saturated rings. The van der Waals surface area contributed by atoms with Crippen molar-refractivity contribution in [3.8, 4) is 0 Å². The zero-order valence-electron chi connectivity index (χ0n) is 13.9. The van der Waals surface area contributed by atoms with E-state index in [-0.39, 0.29) is 18.4 Å². The molecule has 1 N–H and O–H groups in total. The Bertz CT molecular complexity index is 892. The molecule has 12 nitrogen and oxygen atoms in total. The summed E-state index contributed by atoms with van der Waals surface area (Å²) in [6, 6.07) is 0. The quantitative estimate of drug-likeness (QED) is 0.677. The molecule has 3 heterocycles. The van der Waals surface area contributed by atoms with Crippen LogP contribution in [-0.2, 0) is 25.4 Å². The molecule has 12 heteroatoms. The van der Waals surface area contributed by atoms with E-state index in [1.807, 2.05) is 0 Å². The van der Waals surface area contributed by atoms with Gasteiger partial charge in [0.15, 0.2) is 0 Å². The summed E-state index contributed by atoms with van der Waals surface area (Å²) in [7, 11) is 2.93. The van der Waals surface area contributed by atoms with Gasteiger partial charge in [-0.05, 0) is 29.2 Å². The third kappa shape index (κ3) is 3.47. The lowest BCUT2D eigenvalue weighted by Gasteiger charge is -2.22. The molecule has 25 heavy (non-hydrogen) atoms. The van der Waals surface area contributed by atoms with Crippen molar-refractivity contribution in [2.75, 3.05) is 18.5 Å². The molecule has 1 amide bonds. The van der Waals surface area contributed by atoms with Gasteiger partial charge in [-0.15, -0.1) is 0 Å². The fourth-order valence-corrected chi connectivity index (χ4v) is 2.61. The molecule has 1 aliphatic heterocycles. The van der Waals surface area contributed by atoms with Crippen LogP contribution in [0.1, 0.15) is 23.3 Å². The molecule has 0 saturated carbocycles. The first kappa shape index (κ1) is 17.0. The summed E-state index contributed by atoms with van der Waals surface area (Å²) in [6.45, 7) is 1.41. The van der Waals surface area contributed by atoms with Crippen molar-refractivity contribution < 1.29 is 9.53 Å². The van der Waals surface area contributed by atoms with E-state index in [1.54, 1.807) is 0 Å². The lowest BCUT2D eigenvalue weighted by molar-refractivity contribution is 0.0602. The van der Waals surface area contributed by atoms with E-state index in [2.05, 4.69) is 25.9 Å². The fraction of sp³-hybridized carbons (Fsp3) is 0.615. The Morgan fingerprint density at radius 2 is 1.96 bits per heavy atom. The van der Waals surface area contributed by atoms with Gasteiger partial charge < -0.3 is 4.74 Å². The van der Waals surface area contributed by atoms with E-state index in [9.17, 15) is 14.4 Å². The number of hydrogen-bond donors (Lipinski definition) is 1. The average Bonchev–Trinajstić information content (AvgIpc) is 3.00. The summed E-state index contributed by atoms with van der Waals surface area (Å²) in [6.07, 6.45) is 1.51. The third-order valence-electron chi connectivity index (χ3n) is 4.05. The van der Waals surface area contributed by atoms with Crippen LogP contribution in [0.4, 0.5) is 5.95 Å². The molecule has 2 aromatic heterocycles. The van der Waals surface area contributed by atoms with Gasteiger partial charge in [0.25, 0.3) is 11.5 Å². The summed E-state index contributed by atoms with van der Waals surface area (Å²) in [5.74, 6) is -0.573. The summed E-state index contributed by atoms with van der Waals surface area (Å²) >= 11 is 0. The maximum Gasteiger partial charge on any atom is 0.347 e. The zero-order valence-corrected chi connectivity index (χ0v) is 13.9. The topological polar surface area (TPSA) is 139 Å². The van der Waals surface area contributed by atoms with Gasteiger partial charge in [0.2, 0.25) is 11.6 Å². The Balaban J connectivity index is 1.92. The molecular weight excluding hydrogens is 332 g/mol. The Morgan fingerprint density at radius 1 is 1.24 bits per heavy atom. The van der Waals surface area contributed by atoms with Gasteiger partial charge in [0, 0.05) is 33.9 Å². The minimum absolute atomic E-state index is 0.0658. The predicted octanol–water partition coefficient (Wildman–Crippen LogP) is -1.86. The Hall–Kier alpha value is -2.89. The van der Waals surface area contributed by atoms with Crippen molar-refractivity contribution >= 4 is 11.9 Å². The van der Waals surface area contributed by atoms with Gasteiger partial charge >= 0.3 is 5.69 Å². The van der Waals surface area contributed by atoms with Crippen molar-refractivity contribution in [3.63, 3.8) is 0 Å². The van der Waals surface area contributed by atoms with Crippen LogP contribution in [0.5, 0.6) is 0 Å². The molecule has 1 saturated heterocycles. The smallest absolute Gasteiger partial charge is 0.347 e. The highest BCUT2D eigenvalue weighted by atomic mass is 16.5. The number of rotatable bonds is 4. The van der Waals surface area contributed by atoms with E-state index in [4.69, 9.17) is 4.74 Å². The van der Waals surface area contributed by atoms with Gasteiger partial charge in [0.05, 0.1) is 0 Å². The number of carbonyl (C=O) groups is 1. The van der Waals surface area contributed by atoms with E-state index >= 15 is 0 Å². The number of anilines is 1. The van der Waals surface area contributed by atoms with Gasteiger partial charge in [0.1, 0.15) is 0 Å². The van der Waals surface area contributed by atoms with Gasteiger partial charge in [-0.3, -0.25) is 19.5 Å². The van der Waals surface area contributed by atoms with E-state index in [0.717, 1.165) is 22.1 Å². The van der Waals surface area contributed by atoms with Crippen LogP contribution < -0.4 is 16.6 Å². The lowest BCUT2D eigenvalue weighted by Crippen LogP contribution is -2.46. The normalized spacial score (nSPS) is 15.3. The lowest BCUT2D eigenvalue weighted by atomic mass is 10.0. The summed E-state index contributed by atoms with van der Waals surface area (Å²) < 4.78 is 8.55. The first-order valence-corrected chi connectivity index (χ1v) is 7.77. The zero-order chi connectivity index (χ0) is 18.0. The molecule has 0 aliphatic carbocycles. The van der Waals surface area contributed by atoms with E-state index in [0.29, 0.717) is 13.2 Å². The Morgan fingerprint density at radius 3 is 2.60 bits per heavy atom. The van der Waals surface area contributed by atoms with Crippen molar-refractivity contribution in [1.29, 1.82) is 0 Å². The summed E-state index contributed by atoms with van der Waals surface area (Å²) in [5.41, 5.74) is -1.69. The molecule has 0 bridgehead atoms. The van der Waals surface area contributed by atoms with Crippen LogP contribution >= 0.6 is 0 Å². The first-order valence-electron chi connectivity index (χ1n) is 7.77. The Labute approximate surface area is 141 Å². The van der Waals surface area contributed by atoms with Crippen LogP contribution in [0.3, 0.4) is 0 Å². The highest BCUT2D eigenvalue weighted by molar-refractivity contribution is 6.01. The number of ether oxygens (including phenoxy) is 1. The number of nitrogens with zero attached hydrogens (tertiary/aromatic N) is 7. The third-order valence-corrected chi connectivity index (χ3v) is 4.05. The van der Waals surface area contributed by atoms with Gasteiger partial charge in [-0.2, -0.15) is 5.10 Å². The number of amides is 1. The molecule has 2 aromatic rings. The highest BCUT2D eigenvalue weighted by Gasteiger charge is 2.23. The maximum atomic E-state index is 12.6. The molecule has 0 spiro atoms. The Kier molecular flexibility index (Phi) is 4.70. The molecule has 0 aromatic carbocycles. The predicted molar refractivity (Wildman–Crippen MR) is 84.0 cm³/mol. The summed E-state index contributed by atoms with van der Waals surface area (Å²) in [5, 5.41) is 16.8. The minimum Gasteiger partial charge on any atom is -0.381 e. The number of carbonyl (C=O) groups excluding carboxylic acids is 1. The van der Waals surface area contributed by atoms with Crippen molar-refractivity contribution in [1.82, 2.24) is 34.6 Å². The maximum absolute atomic E-state index is 12.6. The monoisotopic (exact) mass is 350 g/mol. The van der Waals surface area contributed by atoms with E-state index < -0.39 is 22.9 Å². The molecule has 3 rings (SSSR count). The fourth-order valence-electron chi connectivity index (χ4n) is 2.61. The molecule has 0 unspecified atom stereocenters. The SMILES string of the molecule is Cn1nnnc1NC(=O)c1nn(C)c(=O)n(CC2CCOCC2)c1=O. The number of hydrogen-bond acceptors (Lipinski definition) is 8. The van der Waals surface area contributed by atoms with E-state index in [1.165, 1.54) is 18.8 Å². The van der Waals surface area contributed by atoms with Crippen LogP contribution in [-0.4, -0.2) is 53.7 Å². The second kappa shape index (κ2) is 6.93. The molecule has 0 radical (unpaired) electrons. The second-order valence-corrected chi connectivity index (χ2v) is 5.81. The van der Waals surface area contributed by atoms with Crippen molar-refractivity contribution in [3.05, 3.63) is 26.5 Å². The average molecular weight is 350 g/mol. The second-order valence-electron chi connectivity index (χ2n) is 5.81. The summed E-state index contributed by atoms with van der Waals surface area (Å²) in [4.78, 5) is 37.2. The number of aryl methyl sites for hydroxylation is 2. The van der Waals surface area contributed by atoms with Crippen LogP contribution in [0, 0.1) is 5.92 Å². The first-order chi connectivity index (χ1) is 12.0. The number of aromatic nitrogens is 7. The van der Waals surface area contributed by atoms with Crippen LogP contribution in [0.15, 0.2) is 9.59 Å². The largest absolute Gasteiger partial charge is 0.381 e.